The molecule has 30 heavy (non-hydrogen) atoms. The van der Waals surface area contributed by atoms with Gasteiger partial charge >= 0.3 is 18.0 Å². The van der Waals surface area contributed by atoms with Crippen LogP contribution in [0.5, 0.6) is 0 Å². The van der Waals surface area contributed by atoms with Gasteiger partial charge in [-0.25, -0.2) is 23.2 Å². The molecule has 1 aliphatic heterocycles. The predicted octanol–water partition coefficient (Wildman–Crippen LogP) is 1.22. The molecule has 0 saturated carbocycles. The van der Waals surface area contributed by atoms with Crippen LogP contribution >= 0.6 is 0 Å². The number of carboxylic acid groups (broad SMARTS) is 2. The standard InChI is InChI=1S/C16H21F2N3O3.C2H2O4/c1-2-24-16(23)21-9-7-20(8-10-21)6-5-15(22)19-12-3-4-13(17)14(18)11-12;3-1(4)2(5)6/h3-4,11H,2,5-10H2,1H3,(H,19,22);(H,3,4)(H,5,6). The van der Waals surface area contributed by atoms with Crippen LogP contribution in [-0.2, 0) is 19.1 Å². The number of piperazine rings is 1. The van der Waals surface area contributed by atoms with Gasteiger partial charge in [0.15, 0.2) is 11.6 Å². The van der Waals surface area contributed by atoms with E-state index in [0.29, 0.717) is 39.3 Å². The van der Waals surface area contributed by atoms with Crippen molar-refractivity contribution in [1.82, 2.24) is 9.80 Å². The van der Waals surface area contributed by atoms with Crippen LogP contribution < -0.4 is 5.32 Å². The van der Waals surface area contributed by atoms with E-state index in [1.807, 2.05) is 0 Å². The molecule has 166 valence electrons. The zero-order chi connectivity index (χ0) is 22.7. The average molecular weight is 431 g/mol. The topological polar surface area (TPSA) is 136 Å². The van der Waals surface area contributed by atoms with Crippen molar-refractivity contribution in [2.75, 3.05) is 44.6 Å². The lowest BCUT2D eigenvalue weighted by molar-refractivity contribution is -0.159. The monoisotopic (exact) mass is 431 g/mol. The third-order valence-electron chi connectivity index (χ3n) is 3.94. The maximum Gasteiger partial charge on any atom is 0.414 e. The number of carbonyl (C=O) groups excluding carboxylic acids is 2. The molecule has 0 bridgehead atoms. The van der Waals surface area contributed by atoms with Crippen LogP contribution in [-0.4, -0.2) is 83.3 Å². The minimum atomic E-state index is -1.82. The number of ether oxygens (including phenoxy) is 1. The molecule has 0 atom stereocenters. The number of hydrogen-bond acceptors (Lipinski definition) is 6. The van der Waals surface area contributed by atoms with E-state index >= 15 is 0 Å². The van der Waals surface area contributed by atoms with Gasteiger partial charge in [0, 0.05) is 50.9 Å². The summed E-state index contributed by atoms with van der Waals surface area (Å²) in [7, 11) is 0. The first kappa shape index (κ1) is 24.8. The molecule has 2 rings (SSSR count). The van der Waals surface area contributed by atoms with Gasteiger partial charge in [0.05, 0.1) is 6.61 Å². The summed E-state index contributed by atoms with van der Waals surface area (Å²) in [6.45, 7) is 5.09. The fraction of sp³-hybridized carbons (Fsp3) is 0.444. The maximum absolute atomic E-state index is 13.1. The van der Waals surface area contributed by atoms with Crippen LogP contribution in [0.1, 0.15) is 13.3 Å². The van der Waals surface area contributed by atoms with E-state index in [1.165, 1.54) is 6.07 Å². The summed E-state index contributed by atoms with van der Waals surface area (Å²) in [5.41, 5.74) is 0.228. The number of aliphatic carboxylic acids is 2. The van der Waals surface area contributed by atoms with E-state index < -0.39 is 23.6 Å². The van der Waals surface area contributed by atoms with Crippen molar-refractivity contribution in [2.24, 2.45) is 0 Å². The van der Waals surface area contributed by atoms with E-state index in [2.05, 4.69) is 10.2 Å². The van der Waals surface area contributed by atoms with Crippen molar-refractivity contribution in [3.63, 3.8) is 0 Å². The number of benzene rings is 1. The average Bonchev–Trinajstić information content (AvgIpc) is 2.70. The van der Waals surface area contributed by atoms with E-state index in [0.717, 1.165) is 12.1 Å². The maximum atomic E-state index is 13.1. The number of carboxylic acids is 2. The number of nitrogens with one attached hydrogen (secondary N) is 1. The molecule has 1 heterocycles. The zero-order valence-corrected chi connectivity index (χ0v) is 16.3. The molecule has 0 radical (unpaired) electrons. The largest absolute Gasteiger partial charge is 0.473 e. The highest BCUT2D eigenvalue weighted by atomic mass is 19.2. The Balaban J connectivity index is 0.000000656. The number of amides is 2. The molecule has 12 heteroatoms. The van der Waals surface area contributed by atoms with Crippen LogP contribution in [0.4, 0.5) is 19.3 Å². The molecule has 0 unspecified atom stereocenters. The van der Waals surface area contributed by atoms with Crippen LogP contribution in [0.2, 0.25) is 0 Å². The Hall–Kier alpha value is -3.28. The van der Waals surface area contributed by atoms with Crippen molar-refractivity contribution >= 4 is 29.6 Å². The zero-order valence-electron chi connectivity index (χ0n) is 16.3. The van der Waals surface area contributed by atoms with E-state index in [-0.39, 0.29) is 24.1 Å². The number of halogens is 2. The second kappa shape index (κ2) is 12.3. The first-order valence-electron chi connectivity index (χ1n) is 8.99. The number of rotatable bonds is 5. The molecule has 0 spiro atoms. The van der Waals surface area contributed by atoms with Gasteiger partial charge in [-0.2, -0.15) is 0 Å². The van der Waals surface area contributed by atoms with Crippen molar-refractivity contribution < 1.29 is 42.9 Å². The first-order chi connectivity index (χ1) is 14.1. The molecule has 2 amide bonds. The summed E-state index contributed by atoms with van der Waals surface area (Å²) in [5.74, 6) is -5.87. The molecule has 1 aliphatic rings. The second-order valence-corrected chi connectivity index (χ2v) is 6.06. The lowest BCUT2D eigenvalue weighted by Crippen LogP contribution is -2.49. The van der Waals surface area contributed by atoms with Crippen molar-refractivity contribution in [2.45, 2.75) is 13.3 Å². The van der Waals surface area contributed by atoms with Gasteiger partial charge in [-0.3, -0.25) is 9.69 Å². The quantitative estimate of drug-likeness (QED) is 0.592. The Morgan fingerprint density at radius 2 is 1.63 bits per heavy atom. The summed E-state index contributed by atoms with van der Waals surface area (Å²) >= 11 is 0. The number of hydrogen-bond donors (Lipinski definition) is 3. The summed E-state index contributed by atoms with van der Waals surface area (Å²) in [4.78, 5) is 45.4. The normalized spacial score (nSPS) is 13.6. The van der Waals surface area contributed by atoms with Gasteiger partial charge in [-0.1, -0.05) is 0 Å². The molecular formula is C18H23F2N3O7. The molecule has 0 aliphatic carbocycles. The Morgan fingerprint density at radius 1 is 1.03 bits per heavy atom. The highest BCUT2D eigenvalue weighted by Gasteiger charge is 2.22. The second-order valence-electron chi connectivity index (χ2n) is 6.06. The smallest absolute Gasteiger partial charge is 0.414 e. The van der Waals surface area contributed by atoms with Crippen LogP contribution in [0.15, 0.2) is 18.2 Å². The summed E-state index contributed by atoms with van der Waals surface area (Å²) < 4.78 is 30.9. The molecule has 1 fully saturated rings. The Bertz CT molecular complexity index is 756. The van der Waals surface area contributed by atoms with Crippen LogP contribution in [0, 0.1) is 11.6 Å². The Labute approximate surface area is 171 Å². The predicted molar refractivity (Wildman–Crippen MR) is 99.9 cm³/mol. The van der Waals surface area contributed by atoms with Gasteiger partial charge in [0.1, 0.15) is 0 Å². The highest BCUT2D eigenvalue weighted by molar-refractivity contribution is 6.27. The van der Waals surface area contributed by atoms with Gasteiger partial charge in [0.25, 0.3) is 0 Å². The van der Waals surface area contributed by atoms with Crippen LogP contribution in [0.3, 0.4) is 0 Å². The van der Waals surface area contributed by atoms with E-state index in [9.17, 15) is 18.4 Å². The molecule has 3 N–H and O–H groups in total. The molecule has 10 nitrogen and oxygen atoms in total. The molecule has 1 aromatic carbocycles. The van der Waals surface area contributed by atoms with Crippen molar-refractivity contribution in [1.29, 1.82) is 0 Å². The molecule has 1 saturated heterocycles. The summed E-state index contributed by atoms with van der Waals surface area (Å²) in [6.07, 6.45) is -0.0773. The first-order valence-corrected chi connectivity index (χ1v) is 8.99. The lowest BCUT2D eigenvalue weighted by Gasteiger charge is -2.33. The van der Waals surface area contributed by atoms with Crippen molar-refractivity contribution in [3.05, 3.63) is 29.8 Å². The summed E-state index contributed by atoms with van der Waals surface area (Å²) in [6, 6.07) is 3.24. The lowest BCUT2D eigenvalue weighted by atomic mass is 10.2. The van der Waals surface area contributed by atoms with E-state index in [4.69, 9.17) is 24.5 Å². The molecule has 0 aromatic heterocycles. The summed E-state index contributed by atoms with van der Waals surface area (Å²) in [5, 5.41) is 17.3. The molecule has 1 aromatic rings. The van der Waals surface area contributed by atoms with Crippen LogP contribution in [0.25, 0.3) is 0 Å². The Kier molecular flexibility index (Phi) is 10.2. The fourth-order valence-electron chi connectivity index (χ4n) is 2.43. The van der Waals surface area contributed by atoms with Gasteiger partial charge < -0.3 is 25.2 Å². The third-order valence-corrected chi connectivity index (χ3v) is 3.94. The fourth-order valence-corrected chi connectivity index (χ4v) is 2.43. The van der Waals surface area contributed by atoms with E-state index in [1.54, 1.807) is 11.8 Å². The van der Waals surface area contributed by atoms with Gasteiger partial charge in [-0.05, 0) is 19.1 Å². The Morgan fingerprint density at radius 3 is 2.13 bits per heavy atom. The number of carbonyl (C=O) groups is 4. The number of nitrogens with zero attached hydrogens (tertiary/aromatic N) is 2. The van der Waals surface area contributed by atoms with Crippen molar-refractivity contribution in [3.8, 4) is 0 Å². The van der Waals surface area contributed by atoms with Gasteiger partial charge in [0.2, 0.25) is 5.91 Å². The highest BCUT2D eigenvalue weighted by Crippen LogP contribution is 2.13. The minimum absolute atomic E-state index is 0.228. The molecular weight excluding hydrogens is 408 g/mol. The SMILES string of the molecule is CCOC(=O)N1CCN(CCC(=O)Nc2ccc(F)c(F)c2)CC1.O=C(O)C(=O)O. The van der Waals surface area contributed by atoms with Gasteiger partial charge in [-0.15, -0.1) is 0 Å². The number of anilines is 1. The third kappa shape index (κ3) is 8.82. The minimum Gasteiger partial charge on any atom is -0.473 e.